The highest BCUT2D eigenvalue weighted by molar-refractivity contribution is 5.91. The lowest BCUT2D eigenvalue weighted by Gasteiger charge is -2.32. The number of nitrogen functional groups attached to an aromatic ring is 1. The molecule has 1 aliphatic heterocycles. The Morgan fingerprint density at radius 3 is 2.78 bits per heavy atom. The number of rotatable bonds is 4. The third-order valence-electron chi connectivity index (χ3n) is 3.14. The molecule has 8 heteroatoms. The van der Waals surface area contributed by atoms with Gasteiger partial charge in [-0.3, -0.25) is 19.8 Å². The lowest BCUT2D eigenvalue weighted by atomic mass is 10.3. The predicted molar refractivity (Wildman–Crippen MR) is 65.6 cm³/mol. The summed E-state index contributed by atoms with van der Waals surface area (Å²) in [6, 6.07) is 0. The minimum atomic E-state index is -0.416. The predicted octanol–water partition coefficient (Wildman–Crippen LogP) is -1.87. The van der Waals surface area contributed by atoms with Gasteiger partial charge in [-0.25, -0.2) is 5.84 Å². The van der Waals surface area contributed by atoms with Gasteiger partial charge in [0.2, 0.25) is 0 Å². The fourth-order valence-corrected chi connectivity index (χ4v) is 1.90. The van der Waals surface area contributed by atoms with E-state index in [0.29, 0.717) is 0 Å². The van der Waals surface area contributed by atoms with Gasteiger partial charge in [-0.05, 0) is 7.05 Å². The first-order valence-electron chi connectivity index (χ1n) is 6.01. The van der Waals surface area contributed by atoms with Crippen molar-refractivity contribution in [2.24, 2.45) is 5.84 Å². The molecule has 0 unspecified atom stereocenters. The number of nitrogens with one attached hydrogen (secondary N) is 1. The number of aromatic nitrogens is 3. The molecule has 2 rings (SSSR count). The molecule has 1 saturated heterocycles. The van der Waals surface area contributed by atoms with Crippen LogP contribution in [0.3, 0.4) is 0 Å². The lowest BCUT2D eigenvalue weighted by molar-refractivity contribution is 0.0948. The lowest BCUT2D eigenvalue weighted by Crippen LogP contribution is -2.45. The highest BCUT2D eigenvalue weighted by Crippen LogP contribution is 2.00. The minimum absolute atomic E-state index is 0.246. The molecule has 100 valence electrons. The fourth-order valence-electron chi connectivity index (χ4n) is 1.90. The minimum Gasteiger partial charge on any atom is -0.304 e. The quantitative estimate of drug-likeness (QED) is 0.371. The Kier molecular flexibility index (Phi) is 4.24. The summed E-state index contributed by atoms with van der Waals surface area (Å²) in [5.41, 5.74) is 2.28. The molecule has 0 aliphatic carbocycles. The molecule has 8 nitrogen and oxygen atoms in total. The molecule has 0 spiro atoms. The second kappa shape index (κ2) is 5.89. The van der Waals surface area contributed by atoms with Gasteiger partial charge < -0.3 is 4.90 Å². The van der Waals surface area contributed by atoms with E-state index >= 15 is 0 Å². The van der Waals surface area contributed by atoms with Crippen LogP contribution in [0.2, 0.25) is 0 Å². The summed E-state index contributed by atoms with van der Waals surface area (Å²) in [5.74, 6) is 4.61. The summed E-state index contributed by atoms with van der Waals surface area (Å²) in [6.45, 7) is 5.98. The standard InChI is InChI=1S/C10H19N7O/c1-15-2-4-16(5-3-15)6-7-17-8-9(13-14-17)10(18)12-11/h8H,2-7,11H2,1H3,(H,12,18). The van der Waals surface area contributed by atoms with Crippen molar-refractivity contribution < 1.29 is 4.79 Å². The van der Waals surface area contributed by atoms with E-state index in [9.17, 15) is 4.79 Å². The second-order valence-corrected chi connectivity index (χ2v) is 4.49. The van der Waals surface area contributed by atoms with Crippen molar-refractivity contribution in [2.75, 3.05) is 39.8 Å². The molecule has 0 bridgehead atoms. The van der Waals surface area contributed by atoms with Crippen LogP contribution < -0.4 is 11.3 Å². The van der Waals surface area contributed by atoms with Crippen molar-refractivity contribution in [3.05, 3.63) is 11.9 Å². The average Bonchev–Trinajstić information content (AvgIpc) is 2.86. The van der Waals surface area contributed by atoms with E-state index < -0.39 is 5.91 Å². The largest absolute Gasteiger partial charge is 0.304 e. The van der Waals surface area contributed by atoms with Crippen LogP contribution in [0.1, 0.15) is 10.5 Å². The highest BCUT2D eigenvalue weighted by atomic mass is 16.2. The van der Waals surface area contributed by atoms with Crippen molar-refractivity contribution in [2.45, 2.75) is 6.54 Å². The van der Waals surface area contributed by atoms with Gasteiger partial charge in [0.05, 0.1) is 12.7 Å². The van der Waals surface area contributed by atoms with Crippen LogP contribution in [-0.2, 0) is 6.54 Å². The van der Waals surface area contributed by atoms with E-state index in [4.69, 9.17) is 5.84 Å². The zero-order chi connectivity index (χ0) is 13.0. The first-order chi connectivity index (χ1) is 8.69. The number of amides is 1. The van der Waals surface area contributed by atoms with Gasteiger partial charge in [0, 0.05) is 32.7 Å². The molecule has 1 aromatic heterocycles. The molecule has 1 fully saturated rings. The number of hydrogen-bond acceptors (Lipinski definition) is 6. The van der Waals surface area contributed by atoms with Gasteiger partial charge in [-0.2, -0.15) is 0 Å². The third kappa shape index (κ3) is 3.25. The Balaban J connectivity index is 1.79. The zero-order valence-corrected chi connectivity index (χ0v) is 10.5. The van der Waals surface area contributed by atoms with Crippen LogP contribution in [-0.4, -0.2) is 70.5 Å². The number of piperazine rings is 1. The van der Waals surface area contributed by atoms with Crippen LogP contribution in [0.5, 0.6) is 0 Å². The molecule has 2 heterocycles. The van der Waals surface area contributed by atoms with E-state index in [0.717, 1.165) is 39.3 Å². The molecule has 3 N–H and O–H groups in total. The molecule has 0 aromatic carbocycles. The topological polar surface area (TPSA) is 92.3 Å². The van der Waals surface area contributed by atoms with Gasteiger partial charge in [0.1, 0.15) is 0 Å². The Morgan fingerprint density at radius 2 is 2.11 bits per heavy atom. The van der Waals surface area contributed by atoms with Crippen LogP contribution in [0.15, 0.2) is 6.20 Å². The van der Waals surface area contributed by atoms with Crippen molar-refractivity contribution in [3.63, 3.8) is 0 Å². The molecule has 0 atom stereocenters. The molecule has 1 aliphatic rings. The van der Waals surface area contributed by atoms with E-state index in [1.165, 1.54) is 0 Å². The molecule has 0 radical (unpaired) electrons. The van der Waals surface area contributed by atoms with Crippen LogP contribution in [0.25, 0.3) is 0 Å². The summed E-state index contributed by atoms with van der Waals surface area (Å²) in [7, 11) is 2.13. The van der Waals surface area contributed by atoms with Crippen molar-refractivity contribution >= 4 is 5.91 Å². The highest BCUT2D eigenvalue weighted by Gasteiger charge is 2.14. The second-order valence-electron chi connectivity index (χ2n) is 4.49. The molecule has 1 amide bonds. The smallest absolute Gasteiger partial charge is 0.287 e. The van der Waals surface area contributed by atoms with E-state index in [1.54, 1.807) is 10.9 Å². The fraction of sp³-hybridized carbons (Fsp3) is 0.700. The SMILES string of the molecule is CN1CCN(CCn2cc(C(=O)NN)nn2)CC1. The van der Waals surface area contributed by atoms with Crippen molar-refractivity contribution in [1.82, 2.24) is 30.2 Å². The molecular weight excluding hydrogens is 234 g/mol. The Hall–Kier alpha value is -1.51. The summed E-state index contributed by atoms with van der Waals surface area (Å²) in [5, 5.41) is 7.65. The number of likely N-dealkylation sites (N-methyl/N-ethyl adjacent to an activating group) is 1. The van der Waals surface area contributed by atoms with E-state index in [2.05, 4.69) is 27.2 Å². The number of carbonyl (C=O) groups is 1. The molecule has 18 heavy (non-hydrogen) atoms. The first kappa shape index (κ1) is 12.9. The Bertz CT molecular complexity index is 397. The Labute approximate surface area is 106 Å². The number of hydrogen-bond donors (Lipinski definition) is 2. The van der Waals surface area contributed by atoms with Crippen LogP contribution in [0, 0.1) is 0 Å². The molecular formula is C10H19N7O. The van der Waals surface area contributed by atoms with Gasteiger partial charge in [-0.1, -0.05) is 5.21 Å². The van der Waals surface area contributed by atoms with Gasteiger partial charge >= 0.3 is 0 Å². The summed E-state index contributed by atoms with van der Waals surface area (Å²) < 4.78 is 1.67. The monoisotopic (exact) mass is 253 g/mol. The number of carbonyl (C=O) groups excluding carboxylic acids is 1. The maximum absolute atomic E-state index is 11.2. The van der Waals surface area contributed by atoms with Crippen LogP contribution in [0.4, 0.5) is 0 Å². The van der Waals surface area contributed by atoms with Gasteiger partial charge in [-0.15, -0.1) is 5.10 Å². The molecule has 0 saturated carbocycles. The maximum Gasteiger partial charge on any atom is 0.287 e. The van der Waals surface area contributed by atoms with Crippen molar-refractivity contribution in [3.8, 4) is 0 Å². The third-order valence-corrected chi connectivity index (χ3v) is 3.14. The number of nitrogens with zero attached hydrogens (tertiary/aromatic N) is 5. The number of hydrazine groups is 1. The summed E-state index contributed by atoms with van der Waals surface area (Å²) in [6.07, 6.45) is 1.61. The first-order valence-corrected chi connectivity index (χ1v) is 6.01. The van der Waals surface area contributed by atoms with E-state index in [1.807, 2.05) is 5.43 Å². The van der Waals surface area contributed by atoms with Crippen LogP contribution >= 0.6 is 0 Å². The van der Waals surface area contributed by atoms with E-state index in [-0.39, 0.29) is 5.69 Å². The summed E-state index contributed by atoms with van der Waals surface area (Å²) in [4.78, 5) is 15.9. The molecule has 1 aromatic rings. The normalized spacial score (nSPS) is 17.9. The maximum atomic E-state index is 11.2. The number of nitrogens with two attached hydrogens (primary N) is 1. The van der Waals surface area contributed by atoms with Gasteiger partial charge in [0.15, 0.2) is 5.69 Å². The summed E-state index contributed by atoms with van der Waals surface area (Å²) >= 11 is 0. The van der Waals surface area contributed by atoms with Crippen molar-refractivity contribution in [1.29, 1.82) is 0 Å². The van der Waals surface area contributed by atoms with Gasteiger partial charge in [0.25, 0.3) is 5.91 Å². The zero-order valence-electron chi connectivity index (χ0n) is 10.5. The average molecular weight is 253 g/mol. The Morgan fingerprint density at radius 1 is 1.39 bits per heavy atom.